The van der Waals surface area contributed by atoms with Gasteiger partial charge in [-0.3, -0.25) is 0 Å². The van der Waals surface area contributed by atoms with E-state index in [-0.39, 0.29) is 12.4 Å². The fourth-order valence-corrected chi connectivity index (χ4v) is 2.83. The zero-order valence-electron chi connectivity index (χ0n) is 17.1. The summed E-state index contributed by atoms with van der Waals surface area (Å²) in [6.45, 7) is 15.5. The predicted molar refractivity (Wildman–Crippen MR) is 118 cm³/mol. The lowest BCUT2D eigenvalue weighted by Gasteiger charge is -2.12. The number of rotatable bonds is 9. The third-order valence-corrected chi connectivity index (χ3v) is 4.35. The molecule has 3 rings (SSSR count). The van der Waals surface area contributed by atoms with Crippen LogP contribution in [-0.2, 0) is 6.61 Å². The van der Waals surface area contributed by atoms with Crippen LogP contribution in [0.1, 0.15) is 23.9 Å². The molecule has 1 aromatic carbocycles. The second-order valence-corrected chi connectivity index (χ2v) is 6.68. The Balaban J connectivity index is 1.76. The van der Waals surface area contributed by atoms with Gasteiger partial charge in [0.05, 0.1) is 11.6 Å². The minimum absolute atomic E-state index is 0.00672. The molecule has 0 saturated heterocycles. The molecule has 0 saturated carbocycles. The van der Waals surface area contributed by atoms with Gasteiger partial charge in [0, 0.05) is 28.6 Å². The maximum Gasteiger partial charge on any atom is 0.138 e. The lowest BCUT2D eigenvalue weighted by atomic mass is 10.1. The number of ether oxygens (including phenoxy) is 1. The van der Waals surface area contributed by atoms with Crippen molar-refractivity contribution in [3.63, 3.8) is 0 Å². The summed E-state index contributed by atoms with van der Waals surface area (Å²) >= 11 is 0. The fraction of sp³-hybridized carbons (Fsp3) is 0.125. The number of aliphatic hydroxyl groups is 1. The number of aryl methyl sites for hydroxylation is 1. The fourth-order valence-electron chi connectivity index (χ4n) is 2.83. The largest absolute Gasteiger partial charge is 0.508 e. The summed E-state index contributed by atoms with van der Waals surface area (Å²) in [7, 11) is 0. The van der Waals surface area contributed by atoms with Crippen LogP contribution in [0.15, 0.2) is 94.5 Å². The molecule has 0 bridgehead atoms. The summed E-state index contributed by atoms with van der Waals surface area (Å²) in [6, 6.07) is 7.43. The summed E-state index contributed by atoms with van der Waals surface area (Å²) in [4.78, 5) is 0. The van der Waals surface area contributed by atoms with Gasteiger partial charge in [-0.05, 0) is 44.2 Å². The predicted octanol–water partition coefficient (Wildman–Crippen LogP) is 5.96. The molecule has 154 valence electrons. The van der Waals surface area contributed by atoms with E-state index in [1.807, 2.05) is 38.1 Å². The van der Waals surface area contributed by atoms with Crippen molar-refractivity contribution < 1.29 is 18.8 Å². The highest BCUT2D eigenvalue weighted by atomic mass is 16.5. The summed E-state index contributed by atoms with van der Waals surface area (Å²) in [5.41, 5.74) is 4.00. The SMILES string of the molecule is C=C(/C=C\C(=C/C)C(=C)O)NC(=C)c1cc(OCc2cc(C)on2)c2ccoc2c1. The van der Waals surface area contributed by atoms with E-state index in [9.17, 15) is 5.11 Å². The van der Waals surface area contributed by atoms with Gasteiger partial charge in [0.1, 0.15) is 35.2 Å². The molecule has 0 spiro atoms. The second kappa shape index (κ2) is 9.05. The molecule has 6 heteroatoms. The standard InChI is InChI=1S/C24H24N2O4/c1-6-19(18(5)27)8-7-15(2)25-17(4)20-12-23-22(9-10-28-23)24(13-20)29-14-21-11-16(3)30-26-21/h6-13,25,27H,2,4-5,14H2,1,3H3/b8-7-,19-6+. The van der Waals surface area contributed by atoms with E-state index in [1.54, 1.807) is 24.5 Å². The van der Waals surface area contributed by atoms with Gasteiger partial charge in [-0.15, -0.1) is 0 Å². The van der Waals surface area contributed by atoms with Gasteiger partial charge in [-0.25, -0.2) is 0 Å². The van der Waals surface area contributed by atoms with E-state index in [0.717, 1.165) is 16.7 Å². The smallest absolute Gasteiger partial charge is 0.138 e. The van der Waals surface area contributed by atoms with Gasteiger partial charge < -0.3 is 24.1 Å². The second-order valence-electron chi connectivity index (χ2n) is 6.68. The number of hydrogen-bond donors (Lipinski definition) is 2. The molecule has 0 atom stereocenters. The Morgan fingerprint density at radius 1 is 1.23 bits per heavy atom. The Kier molecular flexibility index (Phi) is 6.27. The first-order chi connectivity index (χ1) is 14.4. The monoisotopic (exact) mass is 404 g/mol. The molecule has 30 heavy (non-hydrogen) atoms. The molecule has 2 heterocycles. The van der Waals surface area contributed by atoms with Gasteiger partial charge in [0.25, 0.3) is 0 Å². The average Bonchev–Trinajstić information content (AvgIpc) is 3.34. The normalized spacial score (nSPS) is 11.7. The Morgan fingerprint density at radius 2 is 2.03 bits per heavy atom. The molecule has 0 aliphatic rings. The number of benzene rings is 1. The van der Waals surface area contributed by atoms with Crippen LogP contribution in [0.2, 0.25) is 0 Å². The minimum atomic E-state index is -0.00672. The van der Waals surface area contributed by atoms with Gasteiger partial charge in [0.2, 0.25) is 0 Å². The molecular formula is C24H24N2O4. The van der Waals surface area contributed by atoms with Crippen molar-refractivity contribution in [3.05, 3.63) is 103 Å². The van der Waals surface area contributed by atoms with Crippen molar-refractivity contribution >= 4 is 16.7 Å². The highest BCUT2D eigenvalue weighted by Gasteiger charge is 2.11. The number of nitrogens with zero attached hydrogens (tertiary/aromatic N) is 1. The Morgan fingerprint density at radius 3 is 2.70 bits per heavy atom. The van der Waals surface area contributed by atoms with Crippen LogP contribution in [0.5, 0.6) is 5.75 Å². The van der Waals surface area contributed by atoms with Crippen molar-refractivity contribution in [1.82, 2.24) is 10.5 Å². The first kappa shape index (κ1) is 20.8. The summed E-state index contributed by atoms with van der Waals surface area (Å²) in [5, 5.41) is 17.5. The van der Waals surface area contributed by atoms with Gasteiger partial charge >= 0.3 is 0 Å². The topological polar surface area (TPSA) is 80.7 Å². The van der Waals surface area contributed by atoms with Crippen LogP contribution >= 0.6 is 0 Å². The van der Waals surface area contributed by atoms with Crippen molar-refractivity contribution in [1.29, 1.82) is 0 Å². The van der Waals surface area contributed by atoms with Crippen LogP contribution in [-0.4, -0.2) is 10.3 Å². The maximum atomic E-state index is 9.51. The molecule has 0 fully saturated rings. The number of nitrogens with one attached hydrogen (secondary N) is 1. The highest BCUT2D eigenvalue weighted by Crippen LogP contribution is 2.31. The van der Waals surface area contributed by atoms with E-state index < -0.39 is 0 Å². The zero-order chi connectivity index (χ0) is 21.7. The third-order valence-electron chi connectivity index (χ3n) is 4.35. The Hall–Kier alpha value is -3.93. The first-order valence-electron chi connectivity index (χ1n) is 9.31. The van der Waals surface area contributed by atoms with Crippen molar-refractivity contribution in [2.45, 2.75) is 20.5 Å². The number of aromatic nitrogens is 1. The van der Waals surface area contributed by atoms with E-state index in [4.69, 9.17) is 13.7 Å². The number of hydrogen-bond acceptors (Lipinski definition) is 6. The quantitative estimate of drug-likeness (QED) is 0.338. The lowest BCUT2D eigenvalue weighted by molar-refractivity contribution is 0.291. The van der Waals surface area contributed by atoms with E-state index in [0.29, 0.717) is 34.0 Å². The van der Waals surface area contributed by atoms with Gasteiger partial charge in [-0.1, -0.05) is 31.0 Å². The van der Waals surface area contributed by atoms with Crippen molar-refractivity contribution in [3.8, 4) is 5.75 Å². The van der Waals surface area contributed by atoms with Crippen molar-refractivity contribution in [2.75, 3.05) is 0 Å². The molecule has 0 aliphatic carbocycles. The lowest BCUT2D eigenvalue weighted by Crippen LogP contribution is -2.08. The average molecular weight is 404 g/mol. The Bertz CT molecular complexity index is 1160. The van der Waals surface area contributed by atoms with Crippen molar-refractivity contribution in [2.24, 2.45) is 0 Å². The molecule has 3 aromatic rings. The van der Waals surface area contributed by atoms with E-state index in [1.165, 1.54) is 0 Å². The summed E-state index contributed by atoms with van der Waals surface area (Å²) in [5.74, 6) is 1.37. The first-order valence-corrected chi connectivity index (χ1v) is 9.31. The maximum absolute atomic E-state index is 9.51. The minimum Gasteiger partial charge on any atom is -0.508 e. The zero-order valence-corrected chi connectivity index (χ0v) is 17.1. The van der Waals surface area contributed by atoms with E-state index >= 15 is 0 Å². The number of aliphatic hydroxyl groups excluding tert-OH is 1. The molecule has 6 nitrogen and oxygen atoms in total. The highest BCUT2D eigenvalue weighted by molar-refractivity contribution is 5.87. The summed E-state index contributed by atoms with van der Waals surface area (Å²) in [6.07, 6.45) is 6.82. The van der Waals surface area contributed by atoms with Crippen LogP contribution in [0.4, 0.5) is 0 Å². The third kappa shape index (κ3) is 4.91. The van der Waals surface area contributed by atoms with Crippen LogP contribution < -0.4 is 10.1 Å². The Labute approximate surface area is 175 Å². The molecule has 0 amide bonds. The van der Waals surface area contributed by atoms with Crippen LogP contribution in [0.25, 0.3) is 16.7 Å². The summed E-state index contributed by atoms with van der Waals surface area (Å²) < 4.78 is 16.6. The molecular weight excluding hydrogens is 380 g/mol. The number of allylic oxidation sites excluding steroid dienone is 3. The molecule has 0 aliphatic heterocycles. The van der Waals surface area contributed by atoms with Gasteiger partial charge in [-0.2, -0.15) is 0 Å². The van der Waals surface area contributed by atoms with E-state index in [2.05, 4.69) is 30.2 Å². The molecule has 0 unspecified atom stereocenters. The molecule has 0 radical (unpaired) electrons. The van der Waals surface area contributed by atoms with Gasteiger partial charge in [0.15, 0.2) is 0 Å². The molecule has 2 aromatic heterocycles. The number of furan rings is 1. The molecule has 2 N–H and O–H groups in total. The van der Waals surface area contributed by atoms with Crippen LogP contribution in [0, 0.1) is 6.92 Å². The number of fused-ring (bicyclic) bond motifs is 1. The van der Waals surface area contributed by atoms with Crippen LogP contribution in [0.3, 0.4) is 0 Å².